The van der Waals surface area contributed by atoms with Crippen molar-refractivity contribution in [1.82, 2.24) is 20.2 Å². The number of aliphatic imine (C=N–C) groups is 1. The Labute approximate surface area is 153 Å². The molecule has 2 aromatic heterocycles. The number of pyridine rings is 1. The van der Waals surface area contributed by atoms with Crippen LogP contribution in [0.1, 0.15) is 29.7 Å². The van der Waals surface area contributed by atoms with E-state index in [9.17, 15) is 4.79 Å². The minimum atomic E-state index is 0.0541. The van der Waals surface area contributed by atoms with Gasteiger partial charge in [-0.1, -0.05) is 6.07 Å². The van der Waals surface area contributed by atoms with Crippen LogP contribution < -0.4 is 16.2 Å². The molecule has 0 unspecified atom stereocenters. The van der Waals surface area contributed by atoms with Gasteiger partial charge in [0.25, 0.3) is 0 Å². The first-order chi connectivity index (χ1) is 12.2. The maximum atomic E-state index is 11.6. The van der Waals surface area contributed by atoms with E-state index in [-0.39, 0.29) is 5.56 Å². The predicted molar refractivity (Wildman–Crippen MR) is 104 cm³/mol. The lowest BCUT2D eigenvalue weighted by Crippen LogP contribution is -2.38. The van der Waals surface area contributed by atoms with E-state index in [0.717, 1.165) is 56.4 Å². The van der Waals surface area contributed by atoms with E-state index < -0.39 is 0 Å². The van der Waals surface area contributed by atoms with Crippen molar-refractivity contribution in [2.24, 2.45) is 4.99 Å². The van der Waals surface area contributed by atoms with Crippen LogP contribution >= 0.6 is 11.3 Å². The zero-order valence-electron chi connectivity index (χ0n) is 15.0. The van der Waals surface area contributed by atoms with Gasteiger partial charge in [0.05, 0.1) is 5.01 Å². The molecule has 0 spiro atoms. The minimum absolute atomic E-state index is 0.0541. The third kappa shape index (κ3) is 7.09. The second-order valence-corrected chi connectivity index (χ2v) is 7.06. The second-order valence-electron chi connectivity index (χ2n) is 5.74. The molecule has 2 heterocycles. The molecule has 0 aliphatic rings. The Balaban J connectivity index is 1.69. The molecule has 25 heavy (non-hydrogen) atoms. The molecule has 136 valence electrons. The van der Waals surface area contributed by atoms with Crippen molar-refractivity contribution in [1.29, 1.82) is 0 Å². The largest absolute Gasteiger partial charge is 0.357 e. The summed E-state index contributed by atoms with van der Waals surface area (Å²) in [6.07, 6.45) is 6.53. The number of nitrogens with one attached hydrogen (secondary N) is 2. The number of guanidine groups is 1. The lowest BCUT2D eigenvalue weighted by Gasteiger charge is -2.10. The highest BCUT2D eigenvalue weighted by Gasteiger charge is 2.01. The maximum absolute atomic E-state index is 11.6. The molecule has 0 aliphatic carbocycles. The summed E-state index contributed by atoms with van der Waals surface area (Å²) in [7, 11) is 0. The molecule has 0 fully saturated rings. The van der Waals surface area contributed by atoms with Crippen LogP contribution in [0.25, 0.3) is 0 Å². The smallest absolute Gasteiger partial charge is 0.250 e. The summed E-state index contributed by atoms with van der Waals surface area (Å²) < 4.78 is 1.74. The van der Waals surface area contributed by atoms with Gasteiger partial charge in [0, 0.05) is 55.9 Å². The Kier molecular flexibility index (Phi) is 8.18. The highest BCUT2D eigenvalue weighted by Crippen LogP contribution is 2.10. The van der Waals surface area contributed by atoms with Crippen molar-refractivity contribution in [3.05, 3.63) is 50.8 Å². The molecule has 2 aromatic rings. The van der Waals surface area contributed by atoms with E-state index in [4.69, 9.17) is 0 Å². The molecule has 2 N–H and O–H groups in total. The zero-order chi connectivity index (χ0) is 17.9. The van der Waals surface area contributed by atoms with E-state index in [1.165, 1.54) is 4.88 Å². The van der Waals surface area contributed by atoms with Gasteiger partial charge in [-0.15, -0.1) is 11.3 Å². The molecule has 0 aliphatic heterocycles. The Morgan fingerprint density at radius 3 is 2.92 bits per heavy atom. The Morgan fingerprint density at radius 2 is 2.20 bits per heavy atom. The molecular formula is C18H27N5OS. The molecule has 0 bridgehead atoms. The summed E-state index contributed by atoms with van der Waals surface area (Å²) in [4.78, 5) is 21.8. The molecule has 2 rings (SSSR count). The number of rotatable bonds is 9. The fourth-order valence-electron chi connectivity index (χ4n) is 2.38. The fraction of sp³-hybridized carbons (Fsp3) is 0.500. The van der Waals surface area contributed by atoms with E-state index >= 15 is 0 Å². The normalized spacial score (nSPS) is 11.5. The lowest BCUT2D eigenvalue weighted by molar-refractivity contribution is 0.597. The van der Waals surface area contributed by atoms with Crippen LogP contribution in [0.15, 0.2) is 40.4 Å². The standard InChI is InChI=1S/C18H27N5OS/c1-3-19-18(21-11-9-16-22-14-15(2)25-16)20-10-5-7-13-23-12-6-4-8-17(23)24/h4,6,8,12,14H,3,5,7,9-11,13H2,1-2H3,(H2,19,20,21). The fourth-order valence-corrected chi connectivity index (χ4v) is 3.16. The van der Waals surface area contributed by atoms with Crippen LogP contribution in [0.3, 0.4) is 0 Å². The summed E-state index contributed by atoms with van der Waals surface area (Å²) in [6, 6.07) is 5.25. The Bertz CT molecular complexity index is 722. The summed E-state index contributed by atoms with van der Waals surface area (Å²) in [5.41, 5.74) is 0.0541. The molecule has 0 saturated carbocycles. The van der Waals surface area contributed by atoms with E-state index in [1.54, 1.807) is 28.0 Å². The predicted octanol–water partition coefficient (Wildman–Crippen LogP) is 2.19. The van der Waals surface area contributed by atoms with Crippen LogP contribution in [0.4, 0.5) is 0 Å². The average molecular weight is 362 g/mol. The first kappa shape index (κ1) is 19.2. The topological polar surface area (TPSA) is 71.3 Å². The van der Waals surface area contributed by atoms with Gasteiger partial charge in [0.15, 0.2) is 5.96 Å². The van der Waals surface area contributed by atoms with Crippen molar-refractivity contribution in [3.8, 4) is 0 Å². The van der Waals surface area contributed by atoms with Gasteiger partial charge >= 0.3 is 0 Å². The van der Waals surface area contributed by atoms with Crippen LogP contribution in [-0.2, 0) is 13.0 Å². The summed E-state index contributed by atoms with van der Waals surface area (Å²) in [6.45, 7) is 7.27. The van der Waals surface area contributed by atoms with E-state index in [2.05, 4.69) is 34.5 Å². The molecule has 0 atom stereocenters. The van der Waals surface area contributed by atoms with Crippen LogP contribution in [0, 0.1) is 6.92 Å². The van der Waals surface area contributed by atoms with Crippen LogP contribution in [-0.4, -0.2) is 35.1 Å². The zero-order valence-corrected chi connectivity index (χ0v) is 15.8. The molecular weight excluding hydrogens is 334 g/mol. The summed E-state index contributed by atoms with van der Waals surface area (Å²) >= 11 is 1.74. The van der Waals surface area contributed by atoms with E-state index in [1.807, 2.05) is 18.5 Å². The number of nitrogens with zero attached hydrogens (tertiary/aromatic N) is 3. The first-order valence-electron chi connectivity index (χ1n) is 8.78. The monoisotopic (exact) mass is 361 g/mol. The molecule has 0 radical (unpaired) electrons. The maximum Gasteiger partial charge on any atom is 0.250 e. The summed E-state index contributed by atoms with van der Waals surface area (Å²) in [5.74, 6) is 0.840. The Morgan fingerprint density at radius 1 is 1.32 bits per heavy atom. The second kappa shape index (κ2) is 10.7. The quantitative estimate of drug-likeness (QED) is 0.408. The third-order valence-corrected chi connectivity index (χ3v) is 4.59. The van der Waals surface area contributed by atoms with Gasteiger partial charge in [-0.05, 0) is 32.8 Å². The Hall–Kier alpha value is -2.15. The number of thiazole rings is 1. The van der Waals surface area contributed by atoms with E-state index in [0.29, 0.717) is 0 Å². The number of hydrogen-bond acceptors (Lipinski definition) is 4. The highest BCUT2D eigenvalue weighted by molar-refractivity contribution is 7.11. The van der Waals surface area contributed by atoms with Gasteiger partial charge < -0.3 is 15.2 Å². The molecule has 0 amide bonds. The molecule has 6 nitrogen and oxygen atoms in total. The van der Waals surface area contributed by atoms with Crippen molar-refractivity contribution < 1.29 is 0 Å². The van der Waals surface area contributed by atoms with Crippen molar-refractivity contribution in [3.63, 3.8) is 0 Å². The van der Waals surface area contributed by atoms with Crippen molar-refractivity contribution in [2.45, 2.75) is 39.7 Å². The van der Waals surface area contributed by atoms with Gasteiger partial charge in [0.2, 0.25) is 5.56 Å². The van der Waals surface area contributed by atoms with Crippen molar-refractivity contribution in [2.75, 3.05) is 19.6 Å². The van der Waals surface area contributed by atoms with Gasteiger partial charge in [-0.3, -0.25) is 9.79 Å². The number of aryl methyl sites for hydroxylation is 2. The number of unbranched alkanes of at least 4 members (excludes halogenated alkanes) is 1. The third-order valence-electron chi connectivity index (χ3n) is 3.62. The first-order valence-corrected chi connectivity index (χ1v) is 9.59. The minimum Gasteiger partial charge on any atom is -0.357 e. The van der Waals surface area contributed by atoms with Gasteiger partial charge in [-0.25, -0.2) is 4.98 Å². The average Bonchev–Trinajstić information content (AvgIpc) is 3.01. The van der Waals surface area contributed by atoms with Gasteiger partial charge in [0.1, 0.15) is 0 Å². The molecule has 7 heteroatoms. The molecule has 0 aromatic carbocycles. The number of hydrogen-bond donors (Lipinski definition) is 2. The van der Waals surface area contributed by atoms with Gasteiger partial charge in [-0.2, -0.15) is 0 Å². The lowest BCUT2D eigenvalue weighted by atomic mass is 10.3. The highest BCUT2D eigenvalue weighted by atomic mass is 32.1. The molecule has 0 saturated heterocycles. The summed E-state index contributed by atoms with van der Waals surface area (Å²) in [5, 5.41) is 7.75. The van der Waals surface area contributed by atoms with Crippen LogP contribution in [0.5, 0.6) is 0 Å². The van der Waals surface area contributed by atoms with Crippen LogP contribution in [0.2, 0.25) is 0 Å². The number of aromatic nitrogens is 2. The SMILES string of the molecule is CCNC(=NCCCCn1ccccc1=O)NCCc1ncc(C)s1. The van der Waals surface area contributed by atoms with Crippen molar-refractivity contribution >= 4 is 17.3 Å².